The first-order valence-electron chi connectivity index (χ1n) is 5.20. The molecular formula is C10H10ClF3N4O. The van der Waals surface area contributed by atoms with Crippen molar-refractivity contribution in [3.63, 3.8) is 0 Å². The quantitative estimate of drug-likeness (QED) is 0.941. The number of ether oxygens (including phenoxy) is 1. The summed E-state index contributed by atoms with van der Waals surface area (Å²) in [6, 6.07) is 0.108. The van der Waals surface area contributed by atoms with E-state index in [1.165, 1.54) is 7.11 Å². The zero-order chi connectivity index (χ0) is 14.2. The van der Waals surface area contributed by atoms with Crippen LogP contribution in [0.25, 0.3) is 5.65 Å². The van der Waals surface area contributed by atoms with Gasteiger partial charge in [-0.05, 0) is 6.07 Å². The third-order valence-corrected chi connectivity index (χ3v) is 2.77. The van der Waals surface area contributed by atoms with Crippen LogP contribution in [0.2, 0.25) is 5.02 Å². The smallest absolute Gasteiger partial charge is 0.383 e. The minimum absolute atomic E-state index is 0.106. The van der Waals surface area contributed by atoms with Crippen LogP contribution >= 0.6 is 11.6 Å². The van der Waals surface area contributed by atoms with Gasteiger partial charge in [-0.3, -0.25) is 4.40 Å². The summed E-state index contributed by atoms with van der Waals surface area (Å²) in [4.78, 5) is 0. The summed E-state index contributed by atoms with van der Waals surface area (Å²) in [6.07, 6.45) is -3.64. The summed E-state index contributed by atoms with van der Waals surface area (Å²) >= 11 is 5.77. The predicted molar refractivity (Wildman–Crippen MR) is 61.8 cm³/mol. The van der Waals surface area contributed by atoms with Crippen LogP contribution in [-0.2, 0) is 10.9 Å². The molecule has 0 aliphatic rings. The molecule has 2 aromatic rings. The Bertz CT molecular complexity index is 598. The van der Waals surface area contributed by atoms with Gasteiger partial charge in [0, 0.05) is 13.3 Å². The Labute approximate surface area is 111 Å². The molecule has 2 N–H and O–H groups in total. The molecule has 104 valence electrons. The fraction of sp³-hybridized carbons (Fsp3) is 0.400. The first kappa shape index (κ1) is 14.0. The SMILES string of the molecule is COCC(N)c1nnc2c(Cl)cc(C(F)(F)F)cn12. The van der Waals surface area contributed by atoms with Crippen LogP contribution < -0.4 is 5.73 Å². The number of alkyl halides is 3. The molecule has 0 saturated heterocycles. The Morgan fingerprint density at radius 3 is 2.74 bits per heavy atom. The van der Waals surface area contributed by atoms with E-state index < -0.39 is 17.8 Å². The van der Waals surface area contributed by atoms with E-state index in [9.17, 15) is 13.2 Å². The van der Waals surface area contributed by atoms with E-state index in [0.717, 1.165) is 16.7 Å². The van der Waals surface area contributed by atoms with Crippen molar-refractivity contribution in [1.29, 1.82) is 0 Å². The van der Waals surface area contributed by atoms with Crippen LogP contribution in [-0.4, -0.2) is 28.3 Å². The van der Waals surface area contributed by atoms with E-state index in [-0.39, 0.29) is 23.1 Å². The highest BCUT2D eigenvalue weighted by molar-refractivity contribution is 6.33. The molecule has 5 nitrogen and oxygen atoms in total. The fourth-order valence-corrected chi connectivity index (χ4v) is 1.88. The standard InChI is InChI=1S/C10H10ClF3N4O/c1-19-4-7(15)9-17-16-8-6(11)2-5(3-18(8)9)10(12,13)14/h2-3,7H,4,15H2,1H3. The number of nitrogens with zero attached hydrogens (tertiary/aromatic N) is 3. The number of pyridine rings is 1. The van der Waals surface area contributed by atoms with Gasteiger partial charge < -0.3 is 10.5 Å². The Hall–Kier alpha value is -1.38. The van der Waals surface area contributed by atoms with Crippen molar-refractivity contribution in [2.75, 3.05) is 13.7 Å². The zero-order valence-electron chi connectivity index (χ0n) is 9.78. The molecule has 1 unspecified atom stereocenters. The summed E-state index contributed by atoms with van der Waals surface area (Å²) in [6.45, 7) is 0.106. The molecule has 0 spiro atoms. The highest BCUT2D eigenvalue weighted by atomic mass is 35.5. The number of fused-ring (bicyclic) bond motifs is 1. The predicted octanol–water partition coefficient (Wildman–Crippen LogP) is 2.05. The summed E-state index contributed by atoms with van der Waals surface area (Å²) < 4.78 is 44.1. The Kier molecular flexibility index (Phi) is 3.66. The molecule has 0 aliphatic carbocycles. The van der Waals surface area contributed by atoms with E-state index in [0.29, 0.717) is 0 Å². The maximum Gasteiger partial charge on any atom is 0.417 e. The van der Waals surface area contributed by atoms with Crippen LogP contribution in [0.15, 0.2) is 12.3 Å². The normalized spacial score (nSPS) is 14.0. The number of nitrogens with two attached hydrogens (primary N) is 1. The lowest BCUT2D eigenvalue weighted by atomic mass is 10.2. The fourth-order valence-electron chi connectivity index (χ4n) is 1.63. The molecule has 0 amide bonds. The van der Waals surface area contributed by atoms with Crippen molar-refractivity contribution in [1.82, 2.24) is 14.6 Å². The lowest BCUT2D eigenvalue weighted by Crippen LogP contribution is -2.19. The molecule has 9 heteroatoms. The molecule has 0 fully saturated rings. The van der Waals surface area contributed by atoms with Crippen molar-refractivity contribution in [3.05, 3.63) is 28.7 Å². The van der Waals surface area contributed by atoms with Crippen LogP contribution in [0.3, 0.4) is 0 Å². The average molecular weight is 295 g/mol. The van der Waals surface area contributed by atoms with Crippen molar-refractivity contribution < 1.29 is 17.9 Å². The molecule has 0 saturated carbocycles. The molecule has 0 radical (unpaired) electrons. The third-order valence-electron chi connectivity index (χ3n) is 2.49. The maximum absolute atomic E-state index is 12.7. The van der Waals surface area contributed by atoms with Crippen LogP contribution in [0.1, 0.15) is 17.4 Å². The van der Waals surface area contributed by atoms with Gasteiger partial charge in [-0.15, -0.1) is 10.2 Å². The Morgan fingerprint density at radius 1 is 1.47 bits per heavy atom. The van der Waals surface area contributed by atoms with Gasteiger partial charge in [0.25, 0.3) is 0 Å². The topological polar surface area (TPSA) is 65.4 Å². The lowest BCUT2D eigenvalue weighted by Gasteiger charge is -2.11. The number of aromatic nitrogens is 3. The van der Waals surface area contributed by atoms with Crippen LogP contribution in [0, 0.1) is 0 Å². The van der Waals surface area contributed by atoms with E-state index in [1.807, 2.05) is 0 Å². The second-order valence-corrected chi connectivity index (χ2v) is 4.30. The zero-order valence-corrected chi connectivity index (χ0v) is 10.5. The van der Waals surface area contributed by atoms with Crippen LogP contribution in [0.4, 0.5) is 13.2 Å². The molecule has 2 rings (SSSR count). The molecule has 1 atom stereocenters. The molecule has 2 aromatic heterocycles. The largest absolute Gasteiger partial charge is 0.417 e. The molecule has 0 bridgehead atoms. The van der Waals surface area contributed by atoms with E-state index in [1.54, 1.807) is 0 Å². The van der Waals surface area contributed by atoms with Gasteiger partial charge in [0.05, 0.1) is 23.2 Å². The van der Waals surface area contributed by atoms with Gasteiger partial charge in [0.2, 0.25) is 0 Å². The van der Waals surface area contributed by atoms with E-state index in [4.69, 9.17) is 22.1 Å². The summed E-state index contributed by atoms with van der Waals surface area (Å²) in [7, 11) is 1.43. The average Bonchev–Trinajstić information content (AvgIpc) is 2.72. The van der Waals surface area contributed by atoms with Crippen molar-refractivity contribution in [3.8, 4) is 0 Å². The highest BCUT2D eigenvalue weighted by Gasteiger charge is 2.32. The molecule has 0 aliphatic heterocycles. The summed E-state index contributed by atoms with van der Waals surface area (Å²) in [5.41, 5.74) is 4.98. The highest BCUT2D eigenvalue weighted by Crippen LogP contribution is 2.32. The summed E-state index contributed by atoms with van der Waals surface area (Å²) in [5, 5.41) is 7.34. The van der Waals surface area contributed by atoms with Gasteiger partial charge in [-0.1, -0.05) is 11.6 Å². The molecular weight excluding hydrogens is 285 g/mol. The second kappa shape index (κ2) is 4.95. The minimum atomic E-state index is -4.51. The summed E-state index contributed by atoms with van der Waals surface area (Å²) in [5.74, 6) is 0.157. The number of rotatable bonds is 3. The van der Waals surface area contributed by atoms with Gasteiger partial charge in [0.1, 0.15) is 0 Å². The monoisotopic (exact) mass is 294 g/mol. The first-order valence-corrected chi connectivity index (χ1v) is 5.58. The molecule has 2 heterocycles. The second-order valence-electron chi connectivity index (χ2n) is 3.89. The van der Waals surface area contributed by atoms with Gasteiger partial charge in [0.15, 0.2) is 11.5 Å². The maximum atomic E-state index is 12.7. The van der Waals surface area contributed by atoms with Crippen molar-refractivity contribution in [2.45, 2.75) is 12.2 Å². The Morgan fingerprint density at radius 2 is 2.16 bits per heavy atom. The van der Waals surface area contributed by atoms with E-state index >= 15 is 0 Å². The van der Waals surface area contributed by atoms with Crippen LogP contribution in [0.5, 0.6) is 0 Å². The van der Waals surface area contributed by atoms with Gasteiger partial charge in [-0.2, -0.15) is 13.2 Å². The van der Waals surface area contributed by atoms with Crippen molar-refractivity contribution in [2.24, 2.45) is 5.73 Å². The number of halogens is 4. The Balaban J connectivity index is 2.60. The van der Waals surface area contributed by atoms with Gasteiger partial charge in [-0.25, -0.2) is 0 Å². The number of hydrogen-bond acceptors (Lipinski definition) is 4. The number of hydrogen-bond donors (Lipinski definition) is 1. The minimum Gasteiger partial charge on any atom is -0.383 e. The lowest BCUT2D eigenvalue weighted by molar-refractivity contribution is -0.137. The third kappa shape index (κ3) is 2.65. The first-order chi connectivity index (χ1) is 8.84. The molecule has 19 heavy (non-hydrogen) atoms. The van der Waals surface area contributed by atoms with Crippen molar-refractivity contribution >= 4 is 17.2 Å². The van der Waals surface area contributed by atoms with Gasteiger partial charge >= 0.3 is 6.18 Å². The number of methoxy groups -OCH3 is 1. The van der Waals surface area contributed by atoms with E-state index in [2.05, 4.69) is 10.2 Å². The molecule has 0 aromatic carbocycles.